The summed E-state index contributed by atoms with van der Waals surface area (Å²) in [5, 5.41) is 0. The number of carbonyl (C=O) groups is 1. The van der Waals surface area contributed by atoms with Crippen LogP contribution in [0.15, 0.2) is 60.8 Å². The predicted molar refractivity (Wildman–Crippen MR) is 229 cm³/mol. The zero-order valence-electron chi connectivity index (χ0n) is 34.7. The molecule has 0 spiro atoms. The first-order chi connectivity index (χ1) is 26.4. The van der Waals surface area contributed by atoms with Crippen molar-refractivity contribution < 1.29 is 32.8 Å². The molecule has 0 aliphatic rings. The number of carbonyl (C=O) groups excluding carboxylic acids is 1. The first kappa shape index (κ1) is 52.2. The van der Waals surface area contributed by atoms with Crippen LogP contribution in [0.1, 0.15) is 181 Å². The van der Waals surface area contributed by atoms with E-state index in [9.17, 15) is 14.3 Å². The van der Waals surface area contributed by atoms with Crippen molar-refractivity contribution in [3.63, 3.8) is 0 Å². The van der Waals surface area contributed by atoms with Crippen molar-refractivity contribution in [2.24, 2.45) is 5.73 Å². The van der Waals surface area contributed by atoms with E-state index in [2.05, 4.69) is 74.6 Å². The molecule has 8 nitrogen and oxygen atoms in total. The van der Waals surface area contributed by atoms with Crippen LogP contribution >= 0.6 is 7.82 Å². The van der Waals surface area contributed by atoms with Crippen molar-refractivity contribution in [2.45, 2.75) is 187 Å². The third-order valence-corrected chi connectivity index (χ3v) is 9.90. The second kappa shape index (κ2) is 42.3. The predicted octanol–water partition coefficient (Wildman–Crippen LogP) is 13.0. The van der Waals surface area contributed by atoms with Gasteiger partial charge >= 0.3 is 13.8 Å². The lowest BCUT2D eigenvalue weighted by atomic mass is 10.1. The minimum Gasteiger partial charge on any atom is -0.457 e. The van der Waals surface area contributed by atoms with Crippen LogP contribution in [-0.2, 0) is 27.9 Å². The van der Waals surface area contributed by atoms with Crippen molar-refractivity contribution in [1.82, 2.24) is 0 Å². The van der Waals surface area contributed by atoms with Crippen LogP contribution in [0.4, 0.5) is 0 Å². The van der Waals surface area contributed by atoms with Gasteiger partial charge in [-0.2, -0.15) is 0 Å². The van der Waals surface area contributed by atoms with Gasteiger partial charge in [0.05, 0.1) is 19.8 Å². The van der Waals surface area contributed by atoms with Gasteiger partial charge in [0.1, 0.15) is 6.10 Å². The van der Waals surface area contributed by atoms with Gasteiger partial charge in [0.25, 0.3) is 0 Å². The highest BCUT2D eigenvalue weighted by atomic mass is 31.2. The summed E-state index contributed by atoms with van der Waals surface area (Å²) in [4.78, 5) is 22.4. The molecule has 0 aromatic rings. The van der Waals surface area contributed by atoms with Gasteiger partial charge in [0.15, 0.2) is 0 Å². The maximum absolute atomic E-state index is 12.5. The van der Waals surface area contributed by atoms with Crippen molar-refractivity contribution in [2.75, 3.05) is 33.0 Å². The molecule has 0 rings (SSSR count). The molecule has 0 saturated carbocycles. The third kappa shape index (κ3) is 41.4. The number of hydrogen-bond acceptors (Lipinski definition) is 7. The van der Waals surface area contributed by atoms with Crippen molar-refractivity contribution in [3.05, 3.63) is 60.8 Å². The quantitative estimate of drug-likeness (QED) is 0.0273. The number of esters is 1. The maximum Gasteiger partial charge on any atom is 0.472 e. The van der Waals surface area contributed by atoms with Gasteiger partial charge in [0, 0.05) is 19.6 Å². The van der Waals surface area contributed by atoms with Crippen LogP contribution in [0.3, 0.4) is 0 Å². The Morgan fingerprint density at radius 1 is 0.574 bits per heavy atom. The number of phosphoric acid groups is 1. The van der Waals surface area contributed by atoms with Crippen molar-refractivity contribution in [1.29, 1.82) is 0 Å². The number of nitrogens with two attached hydrogens (primary N) is 1. The summed E-state index contributed by atoms with van der Waals surface area (Å²) < 4.78 is 33.4. The summed E-state index contributed by atoms with van der Waals surface area (Å²) in [7, 11) is -4.29. The largest absolute Gasteiger partial charge is 0.472 e. The van der Waals surface area contributed by atoms with E-state index in [4.69, 9.17) is 24.3 Å². The molecule has 9 heteroatoms. The Kier molecular flexibility index (Phi) is 40.9. The van der Waals surface area contributed by atoms with E-state index in [0.29, 0.717) is 6.61 Å². The Morgan fingerprint density at radius 3 is 1.56 bits per heavy atom. The Labute approximate surface area is 332 Å². The van der Waals surface area contributed by atoms with Crippen LogP contribution in [0.5, 0.6) is 0 Å². The number of unbranched alkanes of at least 4 members (excludes halogenated alkanes) is 18. The van der Waals surface area contributed by atoms with Gasteiger partial charge in [-0.3, -0.25) is 13.8 Å². The van der Waals surface area contributed by atoms with E-state index >= 15 is 0 Å². The molecule has 2 unspecified atom stereocenters. The first-order valence-corrected chi connectivity index (χ1v) is 23.3. The summed E-state index contributed by atoms with van der Waals surface area (Å²) in [5.41, 5.74) is 5.36. The Hall–Kier alpha value is -1.80. The molecule has 3 N–H and O–H groups in total. The summed E-state index contributed by atoms with van der Waals surface area (Å²) in [6.45, 7) is 4.74. The van der Waals surface area contributed by atoms with Crippen LogP contribution in [0.25, 0.3) is 0 Å². The number of rotatable bonds is 41. The molecule has 0 bridgehead atoms. The highest BCUT2D eigenvalue weighted by Crippen LogP contribution is 2.43. The van der Waals surface area contributed by atoms with E-state index in [1.54, 1.807) is 0 Å². The molecule has 0 heterocycles. The Balaban J connectivity index is 4.02. The lowest BCUT2D eigenvalue weighted by molar-refractivity contribution is -0.154. The SMILES string of the molecule is CC/C=C\C/C=C\C/C=C\CCCCCC(=O)OC(COCCCCCCCCCCCC/C=C\C/C=C\CCCCCCC)COP(=O)(O)OCCN. The minimum absolute atomic E-state index is 0.0925. The summed E-state index contributed by atoms with van der Waals surface area (Å²) >= 11 is 0. The zero-order valence-corrected chi connectivity index (χ0v) is 35.6. The second-order valence-corrected chi connectivity index (χ2v) is 15.6. The summed E-state index contributed by atoms with van der Waals surface area (Å²) in [6.07, 6.45) is 51.0. The van der Waals surface area contributed by atoms with Crippen LogP contribution in [-0.4, -0.2) is 49.9 Å². The molecular weight excluding hydrogens is 697 g/mol. The van der Waals surface area contributed by atoms with Gasteiger partial charge < -0.3 is 20.1 Å². The van der Waals surface area contributed by atoms with Crippen LogP contribution in [0.2, 0.25) is 0 Å². The average Bonchev–Trinajstić information content (AvgIpc) is 3.16. The lowest BCUT2D eigenvalue weighted by Gasteiger charge is -2.20. The van der Waals surface area contributed by atoms with Crippen LogP contribution in [0, 0.1) is 0 Å². The molecule has 0 radical (unpaired) electrons. The van der Waals surface area contributed by atoms with Crippen molar-refractivity contribution >= 4 is 13.8 Å². The van der Waals surface area contributed by atoms with Crippen LogP contribution < -0.4 is 5.73 Å². The molecule has 314 valence electrons. The number of allylic oxidation sites excluding steroid dienone is 10. The normalized spacial score (nSPS) is 14.1. The van der Waals surface area contributed by atoms with E-state index in [1.165, 1.54) is 96.3 Å². The fourth-order valence-electron chi connectivity index (χ4n) is 5.75. The lowest BCUT2D eigenvalue weighted by Crippen LogP contribution is -2.28. The summed E-state index contributed by atoms with van der Waals surface area (Å²) in [5.74, 6) is -0.362. The zero-order chi connectivity index (χ0) is 39.5. The molecule has 54 heavy (non-hydrogen) atoms. The number of phosphoric ester groups is 1. The molecule has 0 saturated heterocycles. The smallest absolute Gasteiger partial charge is 0.457 e. The Morgan fingerprint density at radius 2 is 1.04 bits per heavy atom. The first-order valence-electron chi connectivity index (χ1n) is 21.8. The minimum atomic E-state index is -4.29. The van der Waals surface area contributed by atoms with E-state index in [1.807, 2.05) is 0 Å². The van der Waals surface area contributed by atoms with E-state index in [-0.39, 0.29) is 38.8 Å². The number of hydrogen-bond donors (Lipinski definition) is 2. The Bertz CT molecular complexity index is 1010. The van der Waals surface area contributed by atoms with Gasteiger partial charge in [-0.05, 0) is 77.0 Å². The van der Waals surface area contributed by atoms with Gasteiger partial charge in [0.2, 0.25) is 0 Å². The standard InChI is InChI=1S/C45H82NO7P/c1-3-5-7-9-11-13-15-17-18-19-20-21-22-23-24-25-27-29-31-33-35-37-40-50-42-44(43-52-54(48,49)51-41-39-46)53-45(47)38-36-34-32-30-28-26-16-14-12-10-8-6-4-2/h6,8,12,14-15,17,19-20,26,28,44H,3-5,7,9-11,13,16,18,21-25,27,29-43,46H2,1-2H3,(H,48,49)/b8-6-,14-12-,17-15-,20-19-,28-26-. The van der Waals surface area contributed by atoms with Gasteiger partial charge in [-0.1, -0.05) is 158 Å². The average molecular weight is 780 g/mol. The van der Waals surface area contributed by atoms with E-state index < -0.39 is 13.9 Å². The van der Waals surface area contributed by atoms with Crippen molar-refractivity contribution in [3.8, 4) is 0 Å². The van der Waals surface area contributed by atoms with E-state index in [0.717, 1.165) is 64.2 Å². The monoisotopic (exact) mass is 780 g/mol. The van der Waals surface area contributed by atoms with Gasteiger partial charge in [-0.25, -0.2) is 4.57 Å². The molecule has 2 atom stereocenters. The topological polar surface area (TPSA) is 117 Å². The van der Waals surface area contributed by atoms with Gasteiger partial charge in [-0.15, -0.1) is 0 Å². The maximum atomic E-state index is 12.5. The molecule has 0 fully saturated rings. The second-order valence-electron chi connectivity index (χ2n) is 14.2. The molecule has 0 aliphatic carbocycles. The molecule has 0 aromatic heterocycles. The fraction of sp³-hybridized carbons (Fsp3) is 0.756. The molecule has 0 aliphatic heterocycles. The highest BCUT2D eigenvalue weighted by molar-refractivity contribution is 7.47. The molecular formula is C45H82NO7P. The fourth-order valence-corrected chi connectivity index (χ4v) is 6.51. The summed E-state index contributed by atoms with van der Waals surface area (Å²) in [6, 6.07) is 0. The number of ether oxygens (including phenoxy) is 2. The highest BCUT2D eigenvalue weighted by Gasteiger charge is 2.25. The molecule has 0 aromatic carbocycles. The molecule has 0 amide bonds. The third-order valence-electron chi connectivity index (χ3n) is 8.92.